The number of benzene rings is 1. The fraction of sp³-hybridized carbons (Fsp3) is 0.500. The molecule has 0 saturated carbocycles. The number of aliphatic hydroxyl groups is 1. The lowest BCUT2D eigenvalue weighted by Gasteiger charge is -2.23. The lowest BCUT2D eigenvalue weighted by atomic mass is 10.0. The van der Waals surface area contributed by atoms with Crippen molar-refractivity contribution in [1.29, 1.82) is 0 Å². The summed E-state index contributed by atoms with van der Waals surface area (Å²) in [6, 6.07) is 6.86. The first-order valence-corrected chi connectivity index (χ1v) is 6.99. The number of rotatable bonds is 4. The second kappa shape index (κ2) is 8.47. The molecular formula is C14H20Cl2N2O2. The van der Waals surface area contributed by atoms with E-state index in [2.05, 4.69) is 10.6 Å². The number of halogens is 2. The van der Waals surface area contributed by atoms with Crippen LogP contribution in [0.15, 0.2) is 24.3 Å². The maximum atomic E-state index is 11.9. The summed E-state index contributed by atoms with van der Waals surface area (Å²) in [6.07, 6.45) is 2.36. The fourth-order valence-corrected chi connectivity index (χ4v) is 2.32. The third kappa shape index (κ3) is 4.94. The molecule has 1 amide bonds. The molecule has 0 bridgehead atoms. The van der Waals surface area contributed by atoms with Crippen molar-refractivity contribution in [3.63, 3.8) is 0 Å². The van der Waals surface area contributed by atoms with Gasteiger partial charge in [-0.25, -0.2) is 0 Å². The van der Waals surface area contributed by atoms with E-state index in [0.29, 0.717) is 5.02 Å². The molecular weight excluding hydrogens is 299 g/mol. The Kier molecular flexibility index (Phi) is 7.30. The quantitative estimate of drug-likeness (QED) is 0.796. The van der Waals surface area contributed by atoms with Crippen LogP contribution in [0.4, 0.5) is 0 Å². The van der Waals surface area contributed by atoms with Crippen LogP contribution < -0.4 is 10.6 Å². The van der Waals surface area contributed by atoms with Gasteiger partial charge in [0.15, 0.2) is 0 Å². The fourth-order valence-electron chi connectivity index (χ4n) is 2.20. The van der Waals surface area contributed by atoms with Gasteiger partial charge in [0.1, 0.15) is 0 Å². The van der Waals surface area contributed by atoms with Crippen molar-refractivity contribution in [2.45, 2.75) is 31.4 Å². The minimum absolute atomic E-state index is 0. The molecule has 1 saturated heterocycles. The SMILES string of the molecule is Cl.O=C(NCC(O)c1ccc(Cl)cc1)C1CCCCN1. The number of aliphatic hydroxyl groups excluding tert-OH is 1. The van der Waals surface area contributed by atoms with Gasteiger partial charge in [-0.05, 0) is 37.1 Å². The Morgan fingerprint density at radius 2 is 2.10 bits per heavy atom. The summed E-state index contributed by atoms with van der Waals surface area (Å²) in [5.41, 5.74) is 0.751. The Labute approximate surface area is 130 Å². The Hall–Kier alpha value is -0.810. The number of amides is 1. The summed E-state index contributed by atoms with van der Waals surface area (Å²) in [5.74, 6) is -0.0345. The average Bonchev–Trinajstić information content (AvgIpc) is 2.46. The van der Waals surface area contributed by atoms with Crippen LogP contribution in [-0.2, 0) is 4.79 Å². The highest BCUT2D eigenvalue weighted by atomic mass is 35.5. The molecule has 2 rings (SSSR count). The third-order valence-electron chi connectivity index (χ3n) is 3.35. The van der Waals surface area contributed by atoms with Gasteiger partial charge in [0.2, 0.25) is 5.91 Å². The third-order valence-corrected chi connectivity index (χ3v) is 3.60. The van der Waals surface area contributed by atoms with Gasteiger partial charge in [-0.2, -0.15) is 0 Å². The average molecular weight is 319 g/mol. The van der Waals surface area contributed by atoms with Gasteiger partial charge in [0.05, 0.1) is 12.1 Å². The van der Waals surface area contributed by atoms with Gasteiger partial charge >= 0.3 is 0 Å². The molecule has 0 aromatic heterocycles. The maximum absolute atomic E-state index is 11.9. The lowest BCUT2D eigenvalue weighted by Crippen LogP contribution is -2.47. The monoisotopic (exact) mass is 318 g/mol. The molecule has 4 nitrogen and oxygen atoms in total. The first-order chi connectivity index (χ1) is 9.16. The Bertz CT molecular complexity index is 420. The van der Waals surface area contributed by atoms with Gasteiger partial charge in [0, 0.05) is 11.6 Å². The Morgan fingerprint density at radius 3 is 2.70 bits per heavy atom. The highest BCUT2D eigenvalue weighted by molar-refractivity contribution is 6.30. The molecule has 6 heteroatoms. The van der Waals surface area contributed by atoms with E-state index < -0.39 is 6.10 Å². The van der Waals surface area contributed by atoms with Crippen LogP contribution in [0.5, 0.6) is 0 Å². The van der Waals surface area contributed by atoms with E-state index in [1.165, 1.54) is 0 Å². The molecule has 1 aliphatic heterocycles. The van der Waals surface area contributed by atoms with E-state index in [0.717, 1.165) is 31.4 Å². The van der Waals surface area contributed by atoms with Crippen LogP contribution in [0.1, 0.15) is 30.9 Å². The summed E-state index contributed by atoms with van der Waals surface area (Å²) >= 11 is 5.79. The number of carbonyl (C=O) groups is 1. The molecule has 2 unspecified atom stereocenters. The minimum atomic E-state index is -0.704. The molecule has 1 aliphatic rings. The molecule has 2 atom stereocenters. The summed E-state index contributed by atoms with van der Waals surface area (Å²) in [5, 5.41) is 16.6. The van der Waals surface area contributed by atoms with Gasteiger partial charge < -0.3 is 15.7 Å². The Balaban J connectivity index is 0.00000200. The van der Waals surface area contributed by atoms with Crippen molar-refractivity contribution in [1.82, 2.24) is 10.6 Å². The Morgan fingerprint density at radius 1 is 1.40 bits per heavy atom. The predicted molar refractivity (Wildman–Crippen MR) is 82.3 cm³/mol. The zero-order chi connectivity index (χ0) is 13.7. The van der Waals surface area contributed by atoms with Gasteiger partial charge in [-0.15, -0.1) is 12.4 Å². The second-order valence-electron chi connectivity index (χ2n) is 4.81. The van der Waals surface area contributed by atoms with Crippen molar-refractivity contribution < 1.29 is 9.90 Å². The molecule has 0 aliphatic carbocycles. The smallest absolute Gasteiger partial charge is 0.237 e. The van der Waals surface area contributed by atoms with Crippen molar-refractivity contribution >= 4 is 29.9 Å². The van der Waals surface area contributed by atoms with Gasteiger partial charge in [0.25, 0.3) is 0 Å². The number of nitrogens with one attached hydrogen (secondary N) is 2. The highest BCUT2D eigenvalue weighted by Crippen LogP contribution is 2.16. The van der Waals surface area contributed by atoms with E-state index in [9.17, 15) is 9.90 Å². The minimum Gasteiger partial charge on any atom is -0.387 e. The second-order valence-corrected chi connectivity index (χ2v) is 5.25. The first kappa shape index (κ1) is 17.2. The van der Waals surface area contributed by atoms with Crippen molar-refractivity contribution in [2.75, 3.05) is 13.1 Å². The predicted octanol–water partition coefficient (Wildman–Crippen LogP) is 2.05. The molecule has 0 spiro atoms. The van der Waals surface area contributed by atoms with Gasteiger partial charge in [-0.3, -0.25) is 4.79 Å². The number of carbonyl (C=O) groups excluding carboxylic acids is 1. The first-order valence-electron chi connectivity index (χ1n) is 6.61. The largest absolute Gasteiger partial charge is 0.387 e. The molecule has 0 radical (unpaired) electrons. The van der Waals surface area contributed by atoms with Crippen LogP contribution in [0.25, 0.3) is 0 Å². The van der Waals surface area contributed by atoms with Crippen LogP contribution in [0, 0.1) is 0 Å². The molecule has 1 heterocycles. The molecule has 20 heavy (non-hydrogen) atoms. The van der Waals surface area contributed by atoms with Crippen LogP contribution in [0.2, 0.25) is 5.02 Å². The van der Waals surface area contributed by atoms with Crippen molar-refractivity contribution in [3.8, 4) is 0 Å². The standard InChI is InChI=1S/C14H19ClN2O2.ClH/c15-11-6-4-10(5-7-11)13(18)9-17-14(19)12-3-1-2-8-16-12;/h4-7,12-13,16,18H,1-3,8-9H2,(H,17,19);1H. The van der Waals surface area contributed by atoms with E-state index in [1.54, 1.807) is 24.3 Å². The zero-order valence-electron chi connectivity index (χ0n) is 11.1. The van der Waals surface area contributed by atoms with Crippen molar-refractivity contribution in [2.24, 2.45) is 0 Å². The van der Waals surface area contributed by atoms with E-state index >= 15 is 0 Å². The topological polar surface area (TPSA) is 61.4 Å². The zero-order valence-corrected chi connectivity index (χ0v) is 12.7. The highest BCUT2D eigenvalue weighted by Gasteiger charge is 2.20. The number of hydrogen-bond donors (Lipinski definition) is 3. The van der Waals surface area contributed by atoms with E-state index in [4.69, 9.17) is 11.6 Å². The maximum Gasteiger partial charge on any atom is 0.237 e. The molecule has 1 aromatic rings. The van der Waals surface area contributed by atoms with Crippen molar-refractivity contribution in [3.05, 3.63) is 34.9 Å². The molecule has 1 fully saturated rings. The van der Waals surface area contributed by atoms with Crippen LogP contribution in [-0.4, -0.2) is 30.1 Å². The number of hydrogen-bond acceptors (Lipinski definition) is 3. The van der Waals surface area contributed by atoms with Crippen LogP contribution in [0.3, 0.4) is 0 Å². The van der Waals surface area contributed by atoms with Gasteiger partial charge in [-0.1, -0.05) is 30.2 Å². The molecule has 3 N–H and O–H groups in total. The summed E-state index contributed by atoms with van der Waals surface area (Å²) in [7, 11) is 0. The summed E-state index contributed by atoms with van der Waals surface area (Å²) in [4.78, 5) is 11.9. The lowest BCUT2D eigenvalue weighted by molar-refractivity contribution is -0.124. The normalized spacial score (nSPS) is 19.8. The summed E-state index contributed by atoms with van der Waals surface area (Å²) < 4.78 is 0. The van der Waals surface area contributed by atoms with E-state index in [-0.39, 0.29) is 30.9 Å². The summed E-state index contributed by atoms with van der Waals surface area (Å²) in [6.45, 7) is 1.11. The van der Waals surface area contributed by atoms with Crippen LogP contribution >= 0.6 is 24.0 Å². The number of piperidine rings is 1. The molecule has 1 aromatic carbocycles. The van der Waals surface area contributed by atoms with E-state index in [1.807, 2.05) is 0 Å². The molecule has 112 valence electrons.